The number of alkyl halides is 6. The smallest absolute Gasteiger partial charge is 0.399 e. The van der Waals surface area contributed by atoms with Gasteiger partial charge in [-0.2, -0.15) is 26.3 Å². The standard InChI is InChI=1S/C26H28F3N3O2.C7H6F3N/c1-19-23(25(33)30-22-10-5-9-21(17-22)26(27,28)29)18-24(20-7-3-2-4-8-20)32(19)12-6-11-31-13-15-34-16-14-31;8-7(9,10)5-2-1-3-6(11)4-5/h2-5,7-10,17-18H,6,11-16H2,1H3,(H,30,33);1-4H,11H2. The van der Waals surface area contributed by atoms with Crippen molar-refractivity contribution in [3.8, 4) is 11.3 Å². The average molecular weight is 633 g/mol. The predicted molar refractivity (Wildman–Crippen MR) is 162 cm³/mol. The van der Waals surface area contributed by atoms with Crippen molar-refractivity contribution in [2.45, 2.75) is 32.2 Å². The molecule has 0 saturated carbocycles. The number of nitrogens with two attached hydrogens (primary N) is 1. The van der Waals surface area contributed by atoms with E-state index in [2.05, 4.69) is 14.8 Å². The van der Waals surface area contributed by atoms with Gasteiger partial charge in [0, 0.05) is 48.9 Å². The fourth-order valence-corrected chi connectivity index (χ4v) is 4.98. The Hall–Kier alpha value is -4.29. The van der Waals surface area contributed by atoms with E-state index in [0.717, 1.165) is 87.0 Å². The van der Waals surface area contributed by atoms with E-state index in [1.807, 2.05) is 43.3 Å². The van der Waals surface area contributed by atoms with Gasteiger partial charge in [-0.15, -0.1) is 0 Å². The molecule has 12 heteroatoms. The summed E-state index contributed by atoms with van der Waals surface area (Å²) in [5, 5.41) is 2.64. The number of anilines is 2. The maximum atomic E-state index is 13.1. The molecule has 0 unspecified atom stereocenters. The Morgan fingerprint density at radius 3 is 2.04 bits per heavy atom. The maximum absolute atomic E-state index is 13.1. The summed E-state index contributed by atoms with van der Waals surface area (Å²) in [5.74, 6) is -0.430. The summed E-state index contributed by atoms with van der Waals surface area (Å²) >= 11 is 0. The van der Waals surface area contributed by atoms with Gasteiger partial charge in [0.1, 0.15) is 0 Å². The number of carbonyl (C=O) groups is 1. The van der Waals surface area contributed by atoms with Gasteiger partial charge in [0.15, 0.2) is 0 Å². The van der Waals surface area contributed by atoms with E-state index in [1.54, 1.807) is 0 Å². The topological polar surface area (TPSA) is 72.5 Å². The van der Waals surface area contributed by atoms with Crippen LogP contribution in [0.4, 0.5) is 37.7 Å². The van der Waals surface area contributed by atoms with Crippen molar-refractivity contribution in [1.29, 1.82) is 0 Å². The highest BCUT2D eigenvalue weighted by Crippen LogP contribution is 2.32. The van der Waals surface area contributed by atoms with Crippen molar-refractivity contribution >= 4 is 17.3 Å². The second kappa shape index (κ2) is 14.7. The first-order valence-corrected chi connectivity index (χ1v) is 14.3. The van der Waals surface area contributed by atoms with Crippen molar-refractivity contribution < 1.29 is 35.9 Å². The lowest BCUT2D eigenvalue weighted by molar-refractivity contribution is -0.138. The van der Waals surface area contributed by atoms with Crippen LogP contribution in [-0.4, -0.2) is 48.2 Å². The lowest BCUT2D eigenvalue weighted by Crippen LogP contribution is -2.37. The number of aromatic nitrogens is 1. The zero-order chi connectivity index (χ0) is 32.6. The van der Waals surface area contributed by atoms with Crippen LogP contribution in [0.15, 0.2) is 84.9 Å². The minimum atomic E-state index is -4.47. The molecule has 0 spiro atoms. The van der Waals surface area contributed by atoms with Gasteiger partial charge < -0.3 is 20.4 Å². The highest BCUT2D eigenvalue weighted by atomic mass is 19.4. The summed E-state index contributed by atoms with van der Waals surface area (Å²) in [4.78, 5) is 15.5. The maximum Gasteiger partial charge on any atom is 0.416 e. The molecule has 0 radical (unpaired) electrons. The van der Waals surface area contributed by atoms with Crippen LogP contribution >= 0.6 is 0 Å². The van der Waals surface area contributed by atoms with E-state index >= 15 is 0 Å². The fourth-order valence-electron chi connectivity index (χ4n) is 4.98. The molecule has 1 amide bonds. The highest BCUT2D eigenvalue weighted by Gasteiger charge is 2.31. The SMILES string of the molecule is Cc1c(C(=O)Nc2cccc(C(F)(F)F)c2)cc(-c2ccccc2)n1CCCN1CCOCC1.Nc1cccc(C(F)(F)F)c1. The summed E-state index contributed by atoms with van der Waals surface area (Å²) in [6, 6.07) is 20.9. The number of amides is 1. The summed E-state index contributed by atoms with van der Waals surface area (Å²) in [6.45, 7) is 6.87. The Balaban J connectivity index is 0.000000354. The number of rotatable bonds is 7. The minimum Gasteiger partial charge on any atom is -0.399 e. The number of hydrogen-bond donors (Lipinski definition) is 2. The summed E-state index contributed by atoms with van der Waals surface area (Å²) in [5.41, 5.74) is 7.01. The number of nitrogens with one attached hydrogen (secondary N) is 1. The molecule has 1 aliphatic heterocycles. The van der Waals surface area contributed by atoms with Crippen molar-refractivity contribution in [3.05, 3.63) is 107 Å². The predicted octanol–water partition coefficient (Wildman–Crippen LogP) is 7.74. The van der Waals surface area contributed by atoms with Crippen molar-refractivity contribution in [2.24, 2.45) is 0 Å². The Kier molecular flexibility index (Phi) is 10.9. The van der Waals surface area contributed by atoms with Crippen LogP contribution in [0.1, 0.15) is 33.6 Å². The minimum absolute atomic E-state index is 0.112. The van der Waals surface area contributed by atoms with Gasteiger partial charge in [-0.3, -0.25) is 9.69 Å². The molecule has 0 atom stereocenters. The van der Waals surface area contributed by atoms with E-state index in [-0.39, 0.29) is 11.4 Å². The lowest BCUT2D eigenvalue weighted by Gasteiger charge is -2.26. The molecular weight excluding hydrogens is 598 g/mol. The summed E-state index contributed by atoms with van der Waals surface area (Å²) < 4.78 is 82.5. The number of carbonyl (C=O) groups excluding carboxylic acids is 1. The largest absolute Gasteiger partial charge is 0.416 e. The molecule has 3 N–H and O–H groups in total. The zero-order valence-electron chi connectivity index (χ0n) is 24.6. The van der Waals surface area contributed by atoms with Gasteiger partial charge in [-0.25, -0.2) is 0 Å². The molecule has 1 aromatic heterocycles. The number of morpholine rings is 1. The third-order valence-electron chi connectivity index (χ3n) is 7.30. The third kappa shape index (κ3) is 9.35. The van der Waals surface area contributed by atoms with Gasteiger partial charge in [0.25, 0.3) is 5.91 Å². The van der Waals surface area contributed by atoms with Crippen LogP contribution in [0.2, 0.25) is 0 Å². The van der Waals surface area contributed by atoms with Crippen LogP contribution in [-0.2, 0) is 23.6 Å². The second-order valence-electron chi connectivity index (χ2n) is 10.5. The van der Waals surface area contributed by atoms with Gasteiger partial charge in [0.05, 0.1) is 29.9 Å². The quantitative estimate of drug-likeness (QED) is 0.162. The van der Waals surface area contributed by atoms with Gasteiger partial charge in [0.2, 0.25) is 0 Å². The van der Waals surface area contributed by atoms with E-state index in [4.69, 9.17) is 10.5 Å². The molecule has 0 bridgehead atoms. The Labute approximate surface area is 257 Å². The van der Waals surface area contributed by atoms with Crippen molar-refractivity contribution in [1.82, 2.24) is 9.47 Å². The van der Waals surface area contributed by atoms with Crippen LogP contribution in [0.5, 0.6) is 0 Å². The number of nitrogens with zero attached hydrogens (tertiary/aromatic N) is 2. The monoisotopic (exact) mass is 632 g/mol. The molecule has 3 aromatic carbocycles. The molecule has 0 aliphatic carbocycles. The Morgan fingerprint density at radius 1 is 0.822 bits per heavy atom. The first-order valence-electron chi connectivity index (χ1n) is 14.3. The Bertz CT molecular complexity index is 1560. The summed E-state index contributed by atoms with van der Waals surface area (Å²) in [7, 11) is 0. The molecule has 2 heterocycles. The van der Waals surface area contributed by atoms with Crippen LogP contribution in [0.25, 0.3) is 11.3 Å². The Morgan fingerprint density at radius 2 is 1.44 bits per heavy atom. The molecular formula is C33H34F6N4O2. The second-order valence-corrected chi connectivity index (χ2v) is 10.5. The third-order valence-corrected chi connectivity index (χ3v) is 7.30. The van der Waals surface area contributed by atoms with Crippen molar-refractivity contribution in [2.75, 3.05) is 43.9 Å². The number of halogens is 6. The molecule has 1 aliphatic rings. The number of benzene rings is 3. The summed E-state index contributed by atoms with van der Waals surface area (Å²) in [6.07, 6.45) is -7.86. The number of nitrogen functional groups attached to an aromatic ring is 1. The molecule has 5 rings (SSSR count). The normalized spacial score (nSPS) is 14.0. The van der Waals surface area contributed by atoms with Gasteiger partial charge >= 0.3 is 12.4 Å². The van der Waals surface area contributed by atoms with Crippen LogP contribution in [0.3, 0.4) is 0 Å². The fraction of sp³-hybridized carbons (Fsp3) is 0.303. The van der Waals surface area contributed by atoms with Crippen LogP contribution in [0, 0.1) is 6.92 Å². The molecule has 45 heavy (non-hydrogen) atoms. The first-order chi connectivity index (χ1) is 21.3. The van der Waals surface area contributed by atoms with Gasteiger partial charge in [-0.1, -0.05) is 42.5 Å². The van der Waals surface area contributed by atoms with Crippen LogP contribution < -0.4 is 11.1 Å². The lowest BCUT2D eigenvalue weighted by atomic mass is 10.1. The molecule has 4 aromatic rings. The molecule has 240 valence electrons. The molecule has 1 saturated heterocycles. The van der Waals surface area contributed by atoms with E-state index < -0.39 is 29.4 Å². The van der Waals surface area contributed by atoms with E-state index in [1.165, 1.54) is 24.3 Å². The average Bonchev–Trinajstić information content (AvgIpc) is 3.34. The highest BCUT2D eigenvalue weighted by molar-refractivity contribution is 6.06. The van der Waals surface area contributed by atoms with Crippen molar-refractivity contribution in [3.63, 3.8) is 0 Å². The zero-order valence-corrected chi connectivity index (χ0v) is 24.6. The molecule has 1 fully saturated rings. The van der Waals surface area contributed by atoms with E-state index in [0.29, 0.717) is 5.56 Å². The first kappa shape index (κ1) is 33.6. The van der Waals surface area contributed by atoms with Gasteiger partial charge in [-0.05, 0) is 61.4 Å². The van der Waals surface area contributed by atoms with E-state index in [9.17, 15) is 31.1 Å². The number of ether oxygens (including phenoxy) is 1. The molecule has 6 nitrogen and oxygen atoms in total. The number of hydrogen-bond acceptors (Lipinski definition) is 4.